The molecule has 1 unspecified atom stereocenters. The maximum Gasteiger partial charge on any atom is 0.258 e. The molecule has 0 radical (unpaired) electrons. The number of rotatable bonds is 3. The van der Waals surface area contributed by atoms with Crippen molar-refractivity contribution in [2.24, 2.45) is 0 Å². The SMILES string of the molecule is O=C(Nc1ccc(Cl)cc1Br)c1cnn(C2CCCCO2)c1. The van der Waals surface area contributed by atoms with Crippen molar-refractivity contribution in [3.63, 3.8) is 0 Å². The van der Waals surface area contributed by atoms with Crippen molar-refractivity contribution in [1.82, 2.24) is 9.78 Å². The van der Waals surface area contributed by atoms with Crippen molar-refractivity contribution in [3.8, 4) is 0 Å². The van der Waals surface area contributed by atoms with E-state index in [-0.39, 0.29) is 12.1 Å². The van der Waals surface area contributed by atoms with Crippen LogP contribution in [0.3, 0.4) is 0 Å². The van der Waals surface area contributed by atoms with E-state index < -0.39 is 0 Å². The van der Waals surface area contributed by atoms with Gasteiger partial charge in [-0.1, -0.05) is 11.6 Å². The molecule has 1 aromatic carbocycles. The predicted molar refractivity (Wildman–Crippen MR) is 88.2 cm³/mol. The number of benzene rings is 1. The Balaban J connectivity index is 1.71. The molecule has 3 rings (SSSR count). The number of nitrogens with one attached hydrogen (secondary N) is 1. The zero-order chi connectivity index (χ0) is 15.5. The van der Waals surface area contributed by atoms with Crippen LogP contribution in [0.5, 0.6) is 0 Å². The number of ether oxygens (including phenoxy) is 1. The number of carbonyl (C=O) groups is 1. The van der Waals surface area contributed by atoms with E-state index in [4.69, 9.17) is 16.3 Å². The standard InChI is InChI=1S/C15H15BrClN3O2/c16-12-7-11(17)4-5-13(12)19-15(21)10-8-18-20(9-10)14-3-1-2-6-22-14/h4-5,7-9,14H,1-3,6H2,(H,19,21). The number of hydrogen-bond acceptors (Lipinski definition) is 3. The average molecular weight is 385 g/mol. The maximum atomic E-state index is 12.3. The Bertz CT molecular complexity index is 683. The second-order valence-corrected chi connectivity index (χ2v) is 6.40. The second-order valence-electron chi connectivity index (χ2n) is 5.11. The van der Waals surface area contributed by atoms with Gasteiger partial charge in [0, 0.05) is 22.3 Å². The molecule has 1 saturated heterocycles. The van der Waals surface area contributed by atoms with Gasteiger partial charge in [0.25, 0.3) is 5.91 Å². The molecule has 1 aliphatic rings. The van der Waals surface area contributed by atoms with Crippen molar-refractivity contribution in [3.05, 3.63) is 45.7 Å². The zero-order valence-corrected chi connectivity index (χ0v) is 14.1. The molecule has 116 valence electrons. The number of carbonyl (C=O) groups excluding carboxylic acids is 1. The first-order chi connectivity index (χ1) is 10.6. The molecule has 1 amide bonds. The van der Waals surface area contributed by atoms with Gasteiger partial charge in [0.1, 0.15) is 6.23 Å². The highest BCUT2D eigenvalue weighted by Gasteiger charge is 2.18. The molecule has 22 heavy (non-hydrogen) atoms. The van der Waals surface area contributed by atoms with E-state index in [2.05, 4.69) is 26.3 Å². The molecule has 0 aliphatic carbocycles. The summed E-state index contributed by atoms with van der Waals surface area (Å²) >= 11 is 9.27. The van der Waals surface area contributed by atoms with Crippen molar-refractivity contribution in [2.45, 2.75) is 25.5 Å². The van der Waals surface area contributed by atoms with Crippen LogP contribution in [-0.2, 0) is 4.74 Å². The summed E-state index contributed by atoms with van der Waals surface area (Å²) in [7, 11) is 0. The zero-order valence-electron chi connectivity index (χ0n) is 11.8. The van der Waals surface area contributed by atoms with Crippen molar-refractivity contribution in [1.29, 1.82) is 0 Å². The summed E-state index contributed by atoms with van der Waals surface area (Å²) in [5, 5.41) is 7.67. The highest BCUT2D eigenvalue weighted by molar-refractivity contribution is 9.10. The van der Waals surface area contributed by atoms with Gasteiger partial charge in [0.15, 0.2) is 0 Å². The number of anilines is 1. The van der Waals surface area contributed by atoms with Gasteiger partial charge in [-0.2, -0.15) is 5.10 Å². The molecule has 7 heteroatoms. The molecule has 1 aromatic heterocycles. The third-order valence-corrected chi connectivity index (χ3v) is 4.38. The minimum absolute atomic E-state index is 0.0717. The van der Waals surface area contributed by atoms with E-state index in [0.717, 1.165) is 30.3 Å². The summed E-state index contributed by atoms with van der Waals surface area (Å²) in [6.45, 7) is 0.740. The quantitative estimate of drug-likeness (QED) is 0.860. The molecule has 2 heterocycles. The van der Waals surface area contributed by atoms with Crippen LogP contribution in [0.4, 0.5) is 5.69 Å². The molecular formula is C15H15BrClN3O2. The van der Waals surface area contributed by atoms with Crippen LogP contribution in [0, 0.1) is 0 Å². The lowest BCUT2D eigenvalue weighted by molar-refractivity contribution is -0.0395. The predicted octanol–water partition coefficient (Wildman–Crippen LogP) is 4.25. The smallest absolute Gasteiger partial charge is 0.258 e. The fourth-order valence-electron chi connectivity index (χ4n) is 2.33. The van der Waals surface area contributed by atoms with Crippen LogP contribution in [0.1, 0.15) is 35.8 Å². The number of nitrogens with zero attached hydrogens (tertiary/aromatic N) is 2. The Morgan fingerprint density at radius 2 is 2.32 bits per heavy atom. The molecule has 5 nitrogen and oxygen atoms in total. The first-order valence-corrected chi connectivity index (χ1v) is 8.23. The van der Waals surface area contributed by atoms with E-state index in [0.29, 0.717) is 16.3 Å². The third kappa shape index (κ3) is 3.51. The monoisotopic (exact) mass is 383 g/mol. The Labute approximate surface area is 141 Å². The van der Waals surface area contributed by atoms with Gasteiger partial charge in [0.05, 0.1) is 17.4 Å². The fraction of sp³-hybridized carbons (Fsp3) is 0.333. The minimum atomic E-state index is -0.218. The normalized spacial score (nSPS) is 18.2. The summed E-state index contributed by atoms with van der Waals surface area (Å²) in [4.78, 5) is 12.3. The Morgan fingerprint density at radius 1 is 1.45 bits per heavy atom. The average Bonchev–Trinajstić information content (AvgIpc) is 3.01. The third-order valence-electron chi connectivity index (χ3n) is 3.49. The van der Waals surface area contributed by atoms with E-state index in [1.165, 1.54) is 0 Å². The van der Waals surface area contributed by atoms with Gasteiger partial charge >= 0.3 is 0 Å². The van der Waals surface area contributed by atoms with Gasteiger partial charge in [0.2, 0.25) is 0 Å². The van der Waals surface area contributed by atoms with E-state index in [1.54, 1.807) is 35.3 Å². The van der Waals surface area contributed by atoms with Crippen LogP contribution < -0.4 is 5.32 Å². The first-order valence-electron chi connectivity index (χ1n) is 7.05. The summed E-state index contributed by atoms with van der Waals surface area (Å²) in [5.41, 5.74) is 1.16. The van der Waals surface area contributed by atoms with Crippen LogP contribution in [0.2, 0.25) is 5.02 Å². The van der Waals surface area contributed by atoms with Crippen molar-refractivity contribution < 1.29 is 9.53 Å². The van der Waals surface area contributed by atoms with Crippen LogP contribution >= 0.6 is 27.5 Å². The maximum absolute atomic E-state index is 12.3. The second kappa shape index (κ2) is 6.81. The number of hydrogen-bond donors (Lipinski definition) is 1. The molecule has 1 atom stereocenters. The number of halogens is 2. The largest absolute Gasteiger partial charge is 0.357 e. The summed E-state index contributed by atoms with van der Waals surface area (Å²) in [5.74, 6) is -0.218. The lowest BCUT2D eigenvalue weighted by atomic mass is 10.2. The molecule has 0 spiro atoms. The molecule has 1 aliphatic heterocycles. The minimum Gasteiger partial charge on any atom is -0.357 e. The van der Waals surface area contributed by atoms with E-state index >= 15 is 0 Å². The molecular weight excluding hydrogens is 370 g/mol. The van der Waals surface area contributed by atoms with Crippen molar-refractivity contribution in [2.75, 3.05) is 11.9 Å². The van der Waals surface area contributed by atoms with E-state index in [9.17, 15) is 4.79 Å². The van der Waals surface area contributed by atoms with Gasteiger partial charge in [-0.15, -0.1) is 0 Å². The van der Waals surface area contributed by atoms with Gasteiger partial charge in [-0.3, -0.25) is 4.79 Å². The van der Waals surface area contributed by atoms with Crippen LogP contribution in [0.15, 0.2) is 35.1 Å². The number of amides is 1. The first kappa shape index (κ1) is 15.5. The summed E-state index contributed by atoms with van der Waals surface area (Å²) < 4.78 is 8.10. The lowest BCUT2D eigenvalue weighted by Gasteiger charge is -2.22. The topological polar surface area (TPSA) is 56.2 Å². The number of aromatic nitrogens is 2. The summed E-state index contributed by atoms with van der Waals surface area (Å²) in [6, 6.07) is 5.21. The van der Waals surface area contributed by atoms with E-state index in [1.807, 2.05) is 0 Å². The van der Waals surface area contributed by atoms with Crippen molar-refractivity contribution >= 4 is 39.1 Å². The Hall–Kier alpha value is -1.37. The molecule has 0 saturated carbocycles. The van der Waals surface area contributed by atoms with Gasteiger partial charge in [-0.25, -0.2) is 4.68 Å². The lowest BCUT2D eigenvalue weighted by Crippen LogP contribution is -2.18. The molecule has 1 fully saturated rings. The van der Waals surface area contributed by atoms with Crippen LogP contribution in [0.25, 0.3) is 0 Å². The fourth-order valence-corrected chi connectivity index (χ4v) is 3.11. The molecule has 0 bridgehead atoms. The van der Waals surface area contributed by atoms with Gasteiger partial charge < -0.3 is 10.1 Å². The van der Waals surface area contributed by atoms with Crippen LogP contribution in [-0.4, -0.2) is 22.3 Å². The van der Waals surface area contributed by atoms with Gasteiger partial charge in [-0.05, 0) is 53.4 Å². The Morgan fingerprint density at radius 3 is 3.05 bits per heavy atom. The molecule has 2 aromatic rings. The highest BCUT2D eigenvalue weighted by atomic mass is 79.9. The summed E-state index contributed by atoms with van der Waals surface area (Å²) in [6.07, 6.45) is 6.31. The highest BCUT2D eigenvalue weighted by Crippen LogP contribution is 2.26. The Kier molecular flexibility index (Phi) is 4.81. The molecule has 1 N–H and O–H groups in total.